The van der Waals surface area contributed by atoms with Gasteiger partial charge in [0.15, 0.2) is 0 Å². The Hall–Kier alpha value is -2.37. The van der Waals surface area contributed by atoms with Crippen LogP contribution in [0.15, 0.2) is 36.7 Å². The zero-order valence-electron chi connectivity index (χ0n) is 11.3. The summed E-state index contributed by atoms with van der Waals surface area (Å²) in [4.78, 5) is 14.4. The van der Waals surface area contributed by atoms with Crippen LogP contribution < -0.4 is 4.74 Å². The molecule has 0 N–H and O–H groups in total. The van der Waals surface area contributed by atoms with E-state index in [0.29, 0.717) is 17.9 Å². The molecular formula is C14H16N4O2. The number of benzene rings is 1. The minimum absolute atomic E-state index is 0.00469. The highest BCUT2D eigenvalue weighted by molar-refractivity contribution is 5.97. The van der Waals surface area contributed by atoms with Crippen molar-refractivity contribution in [2.24, 2.45) is 0 Å². The first-order chi connectivity index (χ1) is 9.79. The lowest BCUT2D eigenvalue weighted by molar-refractivity contribution is 0.0783. The second kappa shape index (κ2) is 5.32. The second-order valence-electron chi connectivity index (χ2n) is 4.78. The van der Waals surface area contributed by atoms with Gasteiger partial charge in [0.1, 0.15) is 5.75 Å². The number of ether oxygens (including phenoxy) is 1. The van der Waals surface area contributed by atoms with E-state index in [0.717, 1.165) is 13.0 Å². The van der Waals surface area contributed by atoms with Crippen LogP contribution in [0, 0.1) is 0 Å². The molecule has 1 fully saturated rings. The molecule has 20 heavy (non-hydrogen) atoms. The van der Waals surface area contributed by atoms with E-state index in [2.05, 4.69) is 10.3 Å². The van der Waals surface area contributed by atoms with Gasteiger partial charge in [0, 0.05) is 19.3 Å². The molecule has 1 aromatic carbocycles. The molecule has 1 aliphatic rings. The Kier molecular flexibility index (Phi) is 3.37. The molecule has 0 bridgehead atoms. The molecule has 2 aromatic rings. The summed E-state index contributed by atoms with van der Waals surface area (Å²) in [5.74, 6) is 0.617. The number of nitrogens with zero attached hydrogens (tertiary/aromatic N) is 4. The van der Waals surface area contributed by atoms with Crippen molar-refractivity contribution in [1.29, 1.82) is 0 Å². The Morgan fingerprint density at radius 3 is 3.00 bits per heavy atom. The van der Waals surface area contributed by atoms with Crippen molar-refractivity contribution in [2.45, 2.75) is 12.5 Å². The monoisotopic (exact) mass is 272 g/mol. The van der Waals surface area contributed by atoms with Crippen LogP contribution >= 0.6 is 0 Å². The lowest BCUT2D eigenvalue weighted by Gasteiger charge is -2.18. The number of carbonyl (C=O) groups is 1. The van der Waals surface area contributed by atoms with Crippen molar-refractivity contribution in [2.75, 3.05) is 20.2 Å². The molecule has 1 amide bonds. The molecule has 3 rings (SSSR count). The Balaban J connectivity index is 1.76. The summed E-state index contributed by atoms with van der Waals surface area (Å²) in [7, 11) is 1.58. The maximum Gasteiger partial charge on any atom is 0.257 e. The van der Waals surface area contributed by atoms with Gasteiger partial charge in [-0.15, -0.1) is 5.10 Å². The molecule has 1 saturated heterocycles. The van der Waals surface area contributed by atoms with Crippen molar-refractivity contribution in [3.05, 3.63) is 42.2 Å². The second-order valence-corrected chi connectivity index (χ2v) is 4.78. The minimum Gasteiger partial charge on any atom is -0.496 e. The highest BCUT2D eigenvalue weighted by atomic mass is 16.5. The first kappa shape index (κ1) is 12.7. The number of carbonyl (C=O) groups excluding carboxylic acids is 1. The van der Waals surface area contributed by atoms with Gasteiger partial charge in [-0.1, -0.05) is 17.3 Å². The Bertz CT molecular complexity index is 597. The first-order valence-electron chi connectivity index (χ1n) is 6.57. The molecule has 1 aromatic heterocycles. The molecular weight excluding hydrogens is 256 g/mol. The standard InChI is InChI=1S/C14H16N4O2/c1-20-13-5-3-2-4-12(13)14(19)17-8-6-11(10-17)18-9-7-15-16-18/h2-5,7,9,11H,6,8,10H2,1H3. The Morgan fingerprint density at radius 1 is 1.40 bits per heavy atom. The van der Waals surface area contributed by atoms with Crippen LogP contribution in [0.5, 0.6) is 5.75 Å². The number of para-hydroxylation sites is 1. The predicted octanol–water partition coefficient (Wildman–Crippen LogP) is 1.37. The average molecular weight is 272 g/mol. The lowest BCUT2D eigenvalue weighted by atomic mass is 10.2. The fourth-order valence-electron chi connectivity index (χ4n) is 2.55. The molecule has 0 radical (unpaired) electrons. The van der Waals surface area contributed by atoms with E-state index in [4.69, 9.17) is 4.74 Å². The van der Waals surface area contributed by atoms with Crippen LogP contribution in [-0.2, 0) is 0 Å². The Morgan fingerprint density at radius 2 is 2.25 bits per heavy atom. The van der Waals surface area contributed by atoms with Gasteiger partial charge in [-0.2, -0.15) is 0 Å². The number of rotatable bonds is 3. The zero-order valence-corrected chi connectivity index (χ0v) is 11.3. The van der Waals surface area contributed by atoms with E-state index in [1.54, 1.807) is 25.4 Å². The SMILES string of the molecule is COc1ccccc1C(=O)N1CCC(n2ccnn2)C1. The van der Waals surface area contributed by atoms with Gasteiger partial charge in [-0.05, 0) is 18.6 Å². The van der Waals surface area contributed by atoms with Gasteiger partial charge >= 0.3 is 0 Å². The van der Waals surface area contributed by atoms with E-state index in [1.807, 2.05) is 27.9 Å². The van der Waals surface area contributed by atoms with Crippen LogP contribution in [0.1, 0.15) is 22.8 Å². The third-order valence-corrected chi connectivity index (χ3v) is 3.60. The summed E-state index contributed by atoms with van der Waals surface area (Å²) < 4.78 is 7.07. The van der Waals surface area contributed by atoms with Crippen molar-refractivity contribution >= 4 is 5.91 Å². The van der Waals surface area contributed by atoms with Crippen LogP contribution in [0.3, 0.4) is 0 Å². The molecule has 6 heteroatoms. The van der Waals surface area contributed by atoms with Crippen molar-refractivity contribution in [1.82, 2.24) is 19.9 Å². The quantitative estimate of drug-likeness (QED) is 0.846. The molecule has 0 aliphatic carbocycles. The maximum atomic E-state index is 12.5. The van der Waals surface area contributed by atoms with Crippen LogP contribution in [0.2, 0.25) is 0 Å². The summed E-state index contributed by atoms with van der Waals surface area (Å²) in [6.07, 6.45) is 4.39. The van der Waals surface area contributed by atoms with E-state index in [9.17, 15) is 4.79 Å². The summed E-state index contributed by atoms with van der Waals surface area (Å²) in [6, 6.07) is 7.51. The van der Waals surface area contributed by atoms with Gasteiger partial charge in [0.2, 0.25) is 0 Å². The summed E-state index contributed by atoms with van der Waals surface area (Å²) >= 11 is 0. The molecule has 6 nitrogen and oxygen atoms in total. The molecule has 1 unspecified atom stereocenters. The number of hydrogen-bond acceptors (Lipinski definition) is 4. The molecule has 2 heterocycles. The van der Waals surface area contributed by atoms with Gasteiger partial charge < -0.3 is 9.64 Å². The van der Waals surface area contributed by atoms with Crippen molar-refractivity contribution in [3.8, 4) is 5.75 Å². The molecule has 0 saturated carbocycles. The maximum absolute atomic E-state index is 12.5. The predicted molar refractivity (Wildman–Crippen MR) is 72.6 cm³/mol. The number of likely N-dealkylation sites (tertiary alicyclic amines) is 1. The third-order valence-electron chi connectivity index (χ3n) is 3.60. The normalized spacial score (nSPS) is 18.2. The highest BCUT2D eigenvalue weighted by Crippen LogP contribution is 2.25. The fourth-order valence-corrected chi connectivity index (χ4v) is 2.55. The van der Waals surface area contributed by atoms with E-state index < -0.39 is 0 Å². The number of amides is 1. The topological polar surface area (TPSA) is 60.2 Å². The smallest absolute Gasteiger partial charge is 0.257 e. The highest BCUT2D eigenvalue weighted by Gasteiger charge is 2.29. The van der Waals surface area contributed by atoms with Crippen LogP contribution in [0.4, 0.5) is 0 Å². The first-order valence-corrected chi connectivity index (χ1v) is 6.57. The number of methoxy groups -OCH3 is 1. The summed E-state index contributed by atoms with van der Waals surface area (Å²) in [5, 5.41) is 7.81. The van der Waals surface area contributed by atoms with Gasteiger partial charge in [0.05, 0.1) is 24.9 Å². The third kappa shape index (κ3) is 2.24. The fraction of sp³-hybridized carbons (Fsp3) is 0.357. The molecule has 0 spiro atoms. The van der Waals surface area contributed by atoms with Crippen molar-refractivity contribution in [3.63, 3.8) is 0 Å². The average Bonchev–Trinajstić information content (AvgIpc) is 3.16. The van der Waals surface area contributed by atoms with Gasteiger partial charge in [0.25, 0.3) is 5.91 Å². The number of hydrogen-bond donors (Lipinski definition) is 0. The summed E-state index contributed by atoms with van der Waals surface area (Å²) in [5.41, 5.74) is 0.606. The zero-order chi connectivity index (χ0) is 13.9. The van der Waals surface area contributed by atoms with Crippen LogP contribution in [0.25, 0.3) is 0 Å². The van der Waals surface area contributed by atoms with Gasteiger partial charge in [-0.3, -0.25) is 4.79 Å². The van der Waals surface area contributed by atoms with Crippen LogP contribution in [-0.4, -0.2) is 46.0 Å². The summed E-state index contributed by atoms with van der Waals surface area (Å²) in [6.45, 7) is 1.38. The molecule has 1 aliphatic heterocycles. The molecule has 1 atom stereocenters. The number of aromatic nitrogens is 3. The van der Waals surface area contributed by atoms with E-state index >= 15 is 0 Å². The van der Waals surface area contributed by atoms with E-state index in [-0.39, 0.29) is 11.9 Å². The Labute approximate surface area is 117 Å². The van der Waals surface area contributed by atoms with Crippen molar-refractivity contribution < 1.29 is 9.53 Å². The van der Waals surface area contributed by atoms with Gasteiger partial charge in [-0.25, -0.2) is 4.68 Å². The minimum atomic E-state index is 0.00469. The largest absolute Gasteiger partial charge is 0.496 e. The lowest BCUT2D eigenvalue weighted by Crippen LogP contribution is -2.29. The van der Waals surface area contributed by atoms with E-state index in [1.165, 1.54) is 0 Å². The molecule has 104 valence electrons.